The van der Waals surface area contributed by atoms with Crippen molar-refractivity contribution in [2.45, 2.75) is 53.5 Å². The Morgan fingerprint density at radius 1 is 1.00 bits per heavy atom. The van der Waals surface area contributed by atoms with Crippen LogP contribution in [0.15, 0.2) is 18.2 Å². The fraction of sp³-hybridized carbons (Fsp3) is 0.667. The van der Waals surface area contributed by atoms with Crippen molar-refractivity contribution in [3.8, 4) is 0 Å². The van der Waals surface area contributed by atoms with Crippen molar-refractivity contribution in [1.29, 1.82) is 0 Å². The number of benzene rings is 1. The average Bonchev–Trinajstić information content (AvgIpc) is 2.38. The molecule has 0 amide bonds. The second-order valence-electron chi connectivity index (χ2n) is 5.77. The molecule has 0 aliphatic carbocycles. The van der Waals surface area contributed by atoms with Crippen molar-refractivity contribution in [2.75, 3.05) is 26.2 Å². The molecule has 1 unspecified atom stereocenters. The molecule has 1 atom stereocenters. The highest BCUT2D eigenvalue weighted by atomic mass is 15.1. The molecule has 2 heteroatoms. The summed E-state index contributed by atoms with van der Waals surface area (Å²) in [6.07, 6.45) is 2.36. The zero-order valence-electron chi connectivity index (χ0n) is 14.0. The van der Waals surface area contributed by atoms with Gasteiger partial charge in [-0.3, -0.25) is 0 Å². The summed E-state index contributed by atoms with van der Waals surface area (Å²) in [5.41, 5.74) is 4.21. The predicted molar refractivity (Wildman–Crippen MR) is 89.5 cm³/mol. The first-order chi connectivity index (χ1) is 9.58. The van der Waals surface area contributed by atoms with E-state index in [4.69, 9.17) is 0 Å². The molecule has 20 heavy (non-hydrogen) atoms. The number of likely N-dealkylation sites (N-methyl/N-ethyl adjacent to an activating group) is 1. The molecule has 0 radical (unpaired) electrons. The lowest BCUT2D eigenvalue weighted by atomic mass is 9.99. The Labute approximate surface area is 125 Å². The molecule has 2 nitrogen and oxygen atoms in total. The molecule has 1 aromatic rings. The van der Waals surface area contributed by atoms with Gasteiger partial charge < -0.3 is 10.2 Å². The number of rotatable bonds is 9. The van der Waals surface area contributed by atoms with E-state index in [9.17, 15) is 0 Å². The second-order valence-corrected chi connectivity index (χ2v) is 5.77. The van der Waals surface area contributed by atoms with Gasteiger partial charge in [-0.1, -0.05) is 50.1 Å². The second kappa shape index (κ2) is 9.15. The molecule has 0 bridgehead atoms. The van der Waals surface area contributed by atoms with E-state index in [0.717, 1.165) is 26.1 Å². The quantitative estimate of drug-likeness (QED) is 0.742. The van der Waals surface area contributed by atoms with Crippen LogP contribution in [0.2, 0.25) is 0 Å². The van der Waals surface area contributed by atoms with Crippen LogP contribution in [0.5, 0.6) is 0 Å². The van der Waals surface area contributed by atoms with E-state index in [1.807, 2.05) is 0 Å². The van der Waals surface area contributed by atoms with Crippen LogP contribution in [0.4, 0.5) is 0 Å². The van der Waals surface area contributed by atoms with Crippen LogP contribution in [-0.4, -0.2) is 37.1 Å². The molecule has 0 aromatic heterocycles. The lowest BCUT2D eigenvalue weighted by Gasteiger charge is -2.23. The number of aryl methyl sites for hydroxylation is 2. The van der Waals surface area contributed by atoms with E-state index in [0.29, 0.717) is 6.04 Å². The topological polar surface area (TPSA) is 15.3 Å². The monoisotopic (exact) mass is 276 g/mol. The Balaban J connectivity index is 2.61. The summed E-state index contributed by atoms with van der Waals surface area (Å²) < 4.78 is 0. The molecule has 0 saturated heterocycles. The van der Waals surface area contributed by atoms with Gasteiger partial charge in [-0.25, -0.2) is 0 Å². The van der Waals surface area contributed by atoms with Crippen molar-refractivity contribution < 1.29 is 0 Å². The van der Waals surface area contributed by atoms with E-state index in [2.05, 4.69) is 63.0 Å². The summed E-state index contributed by atoms with van der Waals surface area (Å²) >= 11 is 0. The van der Waals surface area contributed by atoms with Crippen molar-refractivity contribution in [3.63, 3.8) is 0 Å². The van der Waals surface area contributed by atoms with Crippen LogP contribution in [0, 0.1) is 13.8 Å². The third-order valence-electron chi connectivity index (χ3n) is 3.94. The summed E-state index contributed by atoms with van der Waals surface area (Å²) in [5.74, 6) is 0. The lowest BCUT2D eigenvalue weighted by molar-refractivity contribution is 0.281. The molecular formula is C18H32N2. The van der Waals surface area contributed by atoms with Crippen molar-refractivity contribution >= 4 is 0 Å². The van der Waals surface area contributed by atoms with Crippen molar-refractivity contribution in [2.24, 2.45) is 0 Å². The predicted octanol–water partition coefficient (Wildman–Crippen LogP) is 3.56. The molecule has 0 heterocycles. The summed E-state index contributed by atoms with van der Waals surface area (Å²) in [5, 5.41) is 3.65. The third kappa shape index (κ3) is 6.06. The number of nitrogens with zero attached hydrogens (tertiary/aromatic N) is 1. The fourth-order valence-corrected chi connectivity index (χ4v) is 2.91. The van der Waals surface area contributed by atoms with Gasteiger partial charge >= 0.3 is 0 Å². The summed E-state index contributed by atoms with van der Waals surface area (Å²) in [6, 6.07) is 7.49. The van der Waals surface area contributed by atoms with E-state index in [-0.39, 0.29) is 0 Å². The number of hydrogen-bond donors (Lipinski definition) is 1. The summed E-state index contributed by atoms with van der Waals surface area (Å²) in [6.45, 7) is 15.6. The van der Waals surface area contributed by atoms with Gasteiger partial charge in [0, 0.05) is 6.04 Å². The first-order valence-electron chi connectivity index (χ1n) is 8.11. The Kier molecular flexibility index (Phi) is 7.86. The van der Waals surface area contributed by atoms with Gasteiger partial charge in [-0.2, -0.15) is 0 Å². The van der Waals surface area contributed by atoms with Gasteiger partial charge in [0.2, 0.25) is 0 Å². The Morgan fingerprint density at radius 3 is 2.10 bits per heavy atom. The normalized spacial score (nSPS) is 12.9. The van der Waals surface area contributed by atoms with Crippen LogP contribution in [0.25, 0.3) is 0 Å². The molecule has 0 saturated carbocycles. The molecule has 1 N–H and O–H groups in total. The first kappa shape index (κ1) is 17.2. The maximum Gasteiger partial charge on any atom is 0.0119 e. The molecule has 114 valence electrons. The van der Waals surface area contributed by atoms with Crippen LogP contribution in [0.1, 0.15) is 43.9 Å². The Morgan fingerprint density at radius 2 is 1.60 bits per heavy atom. The third-order valence-corrected chi connectivity index (χ3v) is 3.94. The minimum atomic E-state index is 0.585. The van der Waals surface area contributed by atoms with Gasteiger partial charge in [0.25, 0.3) is 0 Å². The highest BCUT2D eigenvalue weighted by Gasteiger charge is 2.10. The Bertz CT molecular complexity index is 363. The Hall–Kier alpha value is -0.860. The maximum absolute atomic E-state index is 3.65. The molecule has 1 aromatic carbocycles. The minimum absolute atomic E-state index is 0.585. The van der Waals surface area contributed by atoms with Gasteiger partial charge in [-0.05, 0) is 58.4 Å². The number of nitrogens with one attached hydrogen (secondary N) is 1. The molecular weight excluding hydrogens is 244 g/mol. The van der Waals surface area contributed by atoms with Gasteiger partial charge in [0.1, 0.15) is 0 Å². The van der Waals surface area contributed by atoms with Crippen LogP contribution in [0.3, 0.4) is 0 Å². The van der Waals surface area contributed by atoms with Crippen LogP contribution < -0.4 is 5.32 Å². The zero-order chi connectivity index (χ0) is 15.0. The fourth-order valence-electron chi connectivity index (χ4n) is 2.91. The summed E-state index contributed by atoms with van der Waals surface area (Å²) in [4.78, 5) is 2.51. The van der Waals surface area contributed by atoms with E-state index in [1.54, 1.807) is 0 Å². The van der Waals surface area contributed by atoms with E-state index >= 15 is 0 Å². The molecule has 1 rings (SSSR count). The van der Waals surface area contributed by atoms with Crippen LogP contribution in [-0.2, 0) is 6.42 Å². The molecule has 0 aliphatic heterocycles. The van der Waals surface area contributed by atoms with Crippen molar-refractivity contribution in [3.05, 3.63) is 34.9 Å². The first-order valence-corrected chi connectivity index (χ1v) is 8.11. The van der Waals surface area contributed by atoms with Gasteiger partial charge in [-0.15, -0.1) is 0 Å². The van der Waals surface area contributed by atoms with Crippen LogP contribution >= 0.6 is 0 Å². The number of hydrogen-bond acceptors (Lipinski definition) is 2. The highest BCUT2D eigenvalue weighted by molar-refractivity contribution is 5.29. The zero-order valence-corrected chi connectivity index (χ0v) is 14.0. The maximum atomic E-state index is 3.65. The highest BCUT2D eigenvalue weighted by Crippen LogP contribution is 2.12. The standard InChI is InChI=1S/C18H32N2/c1-6-19-18(9-10-20(7-2)8-3)14-17-12-15(4)11-16(5)13-17/h11-13,18-19H,6-10,14H2,1-5H3. The molecule has 0 spiro atoms. The molecule has 0 aliphatic rings. The SMILES string of the molecule is CCNC(CCN(CC)CC)Cc1cc(C)cc(C)c1. The van der Waals surface area contributed by atoms with E-state index < -0.39 is 0 Å². The largest absolute Gasteiger partial charge is 0.314 e. The average molecular weight is 276 g/mol. The van der Waals surface area contributed by atoms with Gasteiger partial charge in [0.15, 0.2) is 0 Å². The smallest absolute Gasteiger partial charge is 0.0119 e. The summed E-state index contributed by atoms with van der Waals surface area (Å²) in [7, 11) is 0. The minimum Gasteiger partial charge on any atom is -0.314 e. The van der Waals surface area contributed by atoms with Gasteiger partial charge in [0.05, 0.1) is 0 Å². The van der Waals surface area contributed by atoms with Crippen molar-refractivity contribution in [1.82, 2.24) is 10.2 Å². The molecule has 0 fully saturated rings. The lowest BCUT2D eigenvalue weighted by Crippen LogP contribution is -2.35. The van der Waals surface area contributed by atoms with E-state index in [1.165, 1.54) is 29.7 Å².